The number of para-hydroxylation sites is 1. The lowest BCUT2D eigenvalue weighted by Crippen LogP contribution is -2.33. The van der Waals surface area contributed by atoms with Crippen molar-refractivity contribution in [2.24, 2.45) is 0 Å². The molecule has 0 fully saturated rings. The van der Waals surface area contributed by atoms with E-state index in [1.54, 1.807) is 48.5 Å². The minimum atomic E-state index is -0.574. The Morgan fingerprint density at radius 2 is 1.37 bits per heavy atom. The predicted octanol–water partition coefficient (Wildman–Crippen LogP) is 3.72. The number of esters is 1. The molecule has 1 aliphatic rings. The number of ether oxygens (including phenoxy) is 2. The third kappa shape index (κ3) is 3.93. The summed E-state index contributed by atoms with van der Waals surface area (Å²) in [5.41, 5.74) is 2.00. The maximum atomic E-state index is 12.5. The third-order valence-corrected chi connectivity index (χ3v) is 4.77. The molecule has 0 saturated heterocycles. The van der Waals surface area contributed by atoms with Crippen LogP contribution in [0.25, 0.3) is 0 Å². The summed E-state index contributed by atoms with van der Waals surface area (Å²) in [4.78, 5) is 38.4. The number of amides is 2. The van der Waals surface area contributed by atoms with E-state index >= 15 is 0 Å². The molecule has 1 heterocycles. The van der Waals surface area contributed by atoms with Gasteiger partial charge in [0, 0.05) is 0 Å². The Bertz CT molecular complexity index is 1060. The molecule has 2 amide bonds. The van der Waals surface area contributed by atoms with Gasteiger partial charge in [-0.05, 0) is 29.8 Å². The Morgan fingerprint density at radius 3 is 2.07 bits per heavy atom. The number of hydrogen-bond acceptors (Lipinski definition) is 5. The molecular weight excluding hydrogens is 382 g/mol. The van der Waals surface area contributed by atoms with Gasteiger partial charge in [-0.25, -0.2) is 4.79 Å². The molecule has 4 rings (SSSR count). The van der Waals surface area contributed by atoms with Gasteiger partial charge in [0.25, 0.3) is 11.8 Å². The van der Waals surface area contributed by atoms with Crippen molar-refractivity contribution in [1.82, 2.24) is 4.90 Å². The first kappa shape index (κ1) is 19.4. The van der Waals surface area contributed by atoms with Crippen LogP contribution in [0, 0.1) is 0 Å². The molecule has 0 aliphatic carbocycles. The number of carbonyl (C=O) groups is 3. The summed E-state index contributed by atoms with van der Waals surface area (Å²) < 4.78 is 11.1. The molecule has 6 nitrogen and oxygen atoms in total. The lowest BCUT2D eigenvalue weighted by atomic mass is 10.1. The van der Waals surface area contributed by atoms with E-state index in [0.29, 0.717) is 23.5 Å². The van der Waals surface area contributed by atoms with Gasteiger partial charge in [-0.15, -0.1) is 0 Å². The largest absolute Gasteiger partial charge is 0.488 e. The lowest BCUT2D eigenvalue weighted by Gasteiger charge is -2.15. The van der Waals surface area contributed by atoms with Crippen molar-refractivity contribution >= 4 is 17.8 Å². The molecule has 0 spiro atoms. The highest BCUT2D eigenvalue weighted by molar-refractivity contribution is 6.21. The highest BCUT2D eigenvalue weighted by Crippen LogP contribution is 2.23. The minimum Gasteiger partial charge on any atom is -0.488 e. The van der Waals surface area contributed by atoms with E-state index in [4.69, 9.17) is 9.47 Å². The second-order valence-corrected chi connectivity index (χ2v) is 6.71. The number of carbonyl (C=O) groups excluding carboxylic acids is 3. The zero-order valence-electron chi connectivity index (χ0n) is 16.1. The Morgan fingerprint density at radius 1 is 0.767 bits per heavy atom. The van der Waals surface area contributed by atoms with Gasteiger partial charge >= 0.3 is 5.97 Å². The molecule has 3 aromatic rings. The van der Waals surface area contributed by atoms with Crippen LogP contribution in [0.5, 0.6) is 5.75 Å². The molecule has 6 heteroatoms. The zero-order chi connectivity index (χ0) is 20.9. The SMILES string of the molecule is O=C(OCCN1C(=O)c2ccccc2C1=O)c1ccccc1OCc1ccccc1. The standard InChI is InChI=1S/C24H19NO5/c26-22-18-10-4-5-11-19(18)23(27)25(22)14-15-29-24(28)20-12-6-7-13-21(20)30-16-17-8-2-1-3-9-17/h1-13H,14-16H2. The van der Waals surface area contributed by atoms with Crippen LogP contribution >= 0.6 is 0 Å². The average Bonchev–Trinajstić information content (AvgIpc) is 3.03. The Labute approximate surface area is 173 Å². The van der Waals surface area contributed by atoms with Crippen molar-refractivity contribution in [1.29, 1.82) is 0 Å². The number of nitrogens with zero attached hydrogens (tertiary/aromatic N) is 1. The van der Waals surface area contributed by atoms with Gasteiger partial charge in [0.1, 0.15) is 24.5 Å². The van der Waals surface area contributed by atoms with Crippen LogP contribution in [0.2, 0.25) is 0 Å². The summed E-state index contributed by atoms with van der Waals surface area (Å²) >= 11 is 0. The van der Waals surface area contributed by atoms with Crippen molar-refractivity contribution < 1.29 is 23.9 Å². The molecule has 0 unspecified atom stereocenters. The van der Waals surface area contributed by atoms with E-state index in [0.717, 1.165) is 10.5 Å². The summed E-state index contributed by atoms with van der Waals surface area (Å²) in [6.07, 6.45) is 0. The van der Waals surface area contributed by atoms with Crippen LogP contribution in [0.15, 0.2) is 78.9 Å². The summed E-state index contributed by atoms with van der Waals surface area (Å²) in [7, 11) is 0. The van der Waals surface area contributed by atoms with Crippen LogP contribution in [0.3, 0.4) is 0 Å². The second kappa shape index (κ2) is 8.61. The number of fused-ring (bicyclic) bond motifs is 1. The molecule has 0 N–H and O–H groups in total. The summed E-state index contributed by atoms with van der Waals surface area (Å²) in [6, 6.07) is 23.1. The van der Waals surface area contributed by atoms with Gasteiger partial charge in [-0.2, -0.15) is 0 Å². The molecule has 0 atom stereocenters. The summed E-state index contributed by atoms with van der Waals surface area (Å²) in [6.45, 7) is 0.211. The highest BCUT2D eigenvalue weighted by atomic mass is 16.5. The molecule has 0 aromatic heterocycles. The quantitative estimate of drug-likeness (QED) is 0.446. The van der Waals surface area contributed by atoms with Crippen molar-refractivity contribution in [2.45, 2.75) is 6.61 Å². The van der Waals surface area contributed by atoms with Crippen molar-refractivity contribution in [2.75, 3.05) is 13.2 Å². The summed E-state index contributed by atoms with van der Waals surface area (Å²) in [5.74, 6) is -0.918. The third-order valence-electron chi connectivity index (χ3n) is 4.77. The maximum absolute atomic E-state index is 12.5. The lowest BCUT2D eigenvalue weighted by molar-refractivity contribution is 0.0416. The number of rotatable bonds is 7. The van der Waals surface area contributed by atoms with Crippen LogP contribution in [0.4, 0.5) is 0 Å². The Kier molecular flexibility index (Phi) is 5.57. The van der Waals surface area contributed by atoms with Crippen LogP contribution in [-0.4, -0.2) is 35.8 Å². The molecule has 3 aromatic carbocycles. The van der Waals surface area contributed by atoms with Crippen molar-refractivity contribution in [3.8, 4) is 5.75 Å². The second-order valence-electron chi connectivity index (χ2n) is 6.71. The number of hydrogen-bond donors (Lipinski definition) is 0. The fourth-order valence-corrected chi connectivity index (χ4v) is 3.25. The zero-order valence-corrected chi connectivity index (χ0v) is 16.1. The number of benzene rings is 3. The van der Waals surface area contributed by atoms with E-state index in [9.17, 15) is 14.4 Å². The molecule has 150 valence electrons. The van der Waals surface area contributed by atoms with Crippen LogP contribution < -0.4 is 4.74 Å². The van der Waals surface area contributed by atoms with Gasteiger partial charge in [0.05, 0.1) is 17.7 Å². The Balaban J connectivity index is 1.36. The van der Waals surface area contributed by atoms with Crippen molar-refractivity contribution in [3.63, 3.8) is 0 Å². The number of imide groups is 1. The average molecular weight is 401 g/mol. The van der Waals surface area contributed by atoms with Gasteiger partial charge in [-0.3, -0.25) is 14.5 Å². The van der Waals surface area contributed by atoms with Crippen molar-refractivity contribution in [3.05, 3.63) is 101 Å². The van der Waals surface area contributed by atoms with Crippen LogP contribution in [0.1, 0.15) is 36.6 Å². The van der Waals surface area contributed by atoms with Gasteiger partial charge in [-0.1, -0.05) is 54.6 Å². The van der Waals surface area contributed by atoms with E-state index in [1.807, 2.05) is 30.3 Å². The first-order valence-corrected chi connectivity index (χ1v) is 9.53. The monoisotopic (exact) mass is 401 g/mol. The molecule has 0 saturated carbocycles. The van der Waals surface area contributed by atoms with Gasteiger partial charge < -0.3 is 9.47 Å². The Hall–Kier alpha value is -3.93. The van der Waals surface area contributed by atoms with E-state index < -0.39 is 5.97 Å². The van der Waals surface area contributed by atoms with Gasteiger partial charge in [0.2, 0.25) is 0 Å². The minimum absolute atomic E-state index is 0.00880. The normalized spacial score (nSPS) is 12.6. The van der Waals surface area contributed by atoms with Crippen LogP contribution in [-0.2, 0) is 11.3 Å². The van der Waals surface area contributed by atoms with E-state index in [2.05, 4.69) is 0 Å². The van der Waals surface area contributed by atoms with Gasteiger partial charge in [0.15, 0.2) is 0 Å². The van der Waals surface area contributed by atoms with E-state index in [1.165, 1.54) is 0 Å². The van der Waals surface area contributed by atoms with E-state index in [-0.39, 0.29) is 30.5 Å². The molecule has 0 radical (unpaired) electrons. The first-order chi connectivity index (χ1) is 14.6. The fraction of sp³-hybridized carbons (Fsp3) is 0.125. The molecule has 1 aliphatic heterocycles. The smallest absolute Gasteiger partial charge is 0.341 e. The molecule has 30 heavy (non-hydrogen) atoms. The highest BCUT2D eigenvalue weighted by Gasteiger charge is 2.34. The predicted molar refractivity (Wildman–Crippen MR) is 109 cm³/mol. The fourth-order valence-electron chi connectivity index (χ4n) is 3.25. The maximum Gasteiger partial charge on any atom is 0.341 e. The molecular formula is C24H19NO5. The molecule has 0 bridgehead atoms. The summed E-state index contributed by atoms with van der Waals surface area (Å²) in [5, 5.41) is 0. The topological polar surface area (TPSA) is 72.9 Å². The first-order valence-electron chi connectivity index (χ1n) is 9.53.